The van der Waals surface area contributed by atoms with Crippen LogP contribution in [0.15, 0.2) is 58.0 Å². The summed E-state index contributed by atoms with van der Waals surface area (Å²) in [6.07, 6.45) is 0. The summed E-state index contributed by atoms with van der Waals surface area (Å²) in [4.78, 5) is 16.4. The molecule has 0 bridgehead atoms. The van der Waals surface area contributed by atoms with Gasteiger partial charge in [-0.25, -0.2) is 4.99 Å². The lowest BCUT2D eigenvalue weighted by molar-refractivity contribution is 0.0997. The van der Waals surface area contributed by atoms with E-state index in [1.54, 1.807) is 30.3 Å². The van der Waals surface area contributed by atoms with E-state index in [0.717, 1.165) is 4.47 Å². The van der Waals surface area contributed by atoms with Gasteiger partial charge in [0.05, 0.1) is 5.69 Å². The third-order valence-corrected chi connectivity index (χ3v) is 4.05. The fourth-order valence-corrected chi connectivity index (χ4v) is 2.46. The number of Topliss-reactive ketones (excluding diaryl/α,β-unsaturated/α-hetero) is 1. The van der Waals surface area contributed by atoms with Crippen LogP contribution in [0.25, 0.3) is 0 Å². The number of hydrogen-bond acceptors (Lipinski definition) is 2. The molecule has 22 heavy (non-hydrogen) atoms. The van der Waals surface area contributed by atoms with E-state index in [1.807, 2.05) is 12.1 Å². The van der Waals surface area contributed by atoms with Gasteiger partial charge >= 0.3 is 0 Å². The van der Waals surface area contributed by atoms with Crippen molar-refractivity contribution in [3.8, 4) is 0 Å². The second kappa shape index (κ2) is 7.33. The third-order valence-electron chi connectivity index (χ3n) is 2.71. The first-order valence-corrected chi connectivity index (χ1v) is 8.30. The van der Waals surface area contributed by atoms with Crippen LogP contribution in [0.3, 0.4) is 0 Å². The van der Waals surface area contributed by atoms with Gasteiger partial charge in [0.2, 0.25) is 5.78 Å². The van der Waals surface area contributed by atoms with Gasteiger partial charge in [0, 0.05) is 15.6 Å². The van der Waals surface area contributed by atoms with E-state index in [-0.39, 0.29) is 10.7 Å². The van der Waals surface area contributed by atoms with Crippen molar-refractivity contribution >= 4 is 79.0 Å². The number of carbonyl (C=O) groups excluding carboxylic acids is 1. The maximum absolute atomic E-state index is 12.1. The van der Waals surface area contributed by atoms with Crippen LogP contribution in [-0.4, -0.2) is 14.7 Å². The van der Waals surface area contributed by atoms with E-state index in [2.05, 4.69) is 20.9 Å². The molecule has 2 aromatic rings. The first-order valence-electron chi connectivity index (χ1n) is 5.99. The molecule has 114 valence electrons. The second-order valence-electron chi connectivity index (χ2n) is 4.25. The third kappa shape index (κ3) is 4.46. The molecule has 2 aromatic carbocycles. The van der Waals surface area contributed by atoms with E-state index < -0.39 is 9.58 Å². The standard InChI is InChI=1S/C15H8BrCl4NO/c16-10-7-5-9(6-8-10)14(17)21-12-4-2-1-3-11(12)13(22)15(18,19)20/h1-8H. The minimum absolute atomic E-state index is 0.192. The molecule has 0 unspecified atom stereocenters. The van der Waals surface area contributed by atoms with Crippen LogP contribution in [0.4, 0.5) is 5.69 Å². The predicted molar refractivity (Wildman–Crippen MR) is 97.3 cm³/mol. The minimum atomic E-state index is -2.05. The van der Waals surface area contributed by atoms with Crippen molar-refractivity contribution in [3.05, 3.63) is 64.1 Å². The lowest BCUT2D eigenvalue weighted by Crippen LogP contribution is -2.19. The Morgan fingerprint density at radius 3 is 2.18 bits per heavy atom. The second-order valence-corrected chi connectivity index (χ2v) is 7.81. The van der Waals surface area contributed by atoms with E-state index in [0.29, 0.717) is 11.3 Å². The van der Waals surface area contributed by atoms with Crippen molar-refractivity contribution in [2.45, 2.75) is 3.79 Å². The van der Waals surface area contributed by atoms with Gasteiger partial charge in [-0.3, -0.25) is 4.79 Å². The highest BCUT2D eigenvalue weighted by Gasteiger charge is 2.33. The molecule has 0 spiro atoms. The number of benzene rings is 2. The molecular formula is C15H8BrCl4NO. The lowest BCUT2D eigenvalue weighted by Gasteiger charge is -2.11. The van der Waals surface area contributed by atoms with Crippen molar-refractivity contribution in [3.63, 3.8) is 0 Å². The zero-order chi connectivity index (χ0) is 16.3. The van der Waals surface area contributed by atoms with E-state index >= 15 is 0 Å². The van der Waals surface area contributed by atoms with Gasteiger partial charge in [-0.05, 0) is 24.3 Å². The summed E-state index contributed by atoms with van der Waals surface area (Å²) in [6.45, 7) is 0. The Morgan fingerprint density at radius 1 is 1.00 bits per heavy atom. The molecule has 7 heteroatoms. The summed E-state index contributed by atoms with van der Waals surface area (Å²) in [6, 6.07) is 13.8. The molecule has 0 radical (unpaired) electrons. The summed E-state index contributed by atoms with van der Waals surface area (Å²) >= 11 is 26.5. The van der Waals surface area contributed by atoms with Crippen molar-refractivity contribution in [1.82, 2.24) is 0 Å². The molecule has 0 saturated heterocycles. The smallest absolute Gasteiger partial charge is 0.253 e. The van der Waals surface area contributed by atoms with Gasteiger partial charge in [-0.2, -0.15) is 0 Å². The highest BCUT2D eigenvalue weighted by Crippen LogP contribution is 2.34. The van der Waals surface area contributed by atoms with Crippen LogP contribution in [0, 0.1) is 0 Å². The molecule has 2 rings (SSSR count). The number of halogens is 5. The zero-order valence-electron chi connectivity index (χ0n) is 10.9. The van der Waals surface area contributed by atoms with Crippen LogP contribution in [0.5, 0.6) is 0 Å². The zero-order valence-corrected chi connectivity index (χ0v) is 15.5. The summed E-state index contributed by atoms with van der Waals surface area (Å²) in [7, 11) is 0. The molecule has 0 atom stereocenters. The number of rotatable bonds is 3. The van der Waals surface area contributed by atoms with Crippen LogP contribution in [-0.2, 0) is 0 Å². The Balaban J connectivity index is 2.43. The molecular weight excluding hydrogens is 432 g/mol. The van der Waals surface area contributed by atoms with E-state index in [1.165, 1.54) is 6.07 Å². The van der Waals surface area contributed by atoms with Crippen molar-refractivity contribution in [2.24, 2.45) is 4.99 Å². The quantitative estimate of drug-likeness (QED) is 0.312. The first kappa shape index (κ1) is 17.8. The summed E-state index contributed by atoms with van der Waals surface area (Å²) < 4.78 is -1.12. The largest absolute Gasteiger partial charge is 0.289 e. The van der Waals surface area contributed by atoms with Crippen LogP contribution in [0.1, 0.15) is 15.9 Å². The van der Waals surface area contributed by atoms with Gasteiger partial charge in [0.1, 0.15) is 5.17 Å². The number of hydrogen-bond donors (Lipinski definition) is 0. The molecule has 0 aliphatic rings. The fourth-order valence-electron chi connectivity index (χ4n) is 1.67. The summed E-state index contributed by atoms with van der Waals surface area (Å²) in [5.41, 5.74) is 1.24. The fraction of sp³-hybridized carbons (Fsp3) is 0.0667. The lowest BCUT2D eigenvalue weighted by atomic mass is 10.1. The van der Waals surface area contributed by atoms with Crippen molar-refractivity contribution in [1.29, 1.82) is 0 Å². The average Bonchev–Trinajstić information content (AvgIpc) is 2.46. The normalized spacial score (nSPS) is 12.3. The molecule has 0 amide bonds. The van der Waals surface area contributed by atoms with Crippen molar-refractivity contribution in [2.75, 3.05) is 0 Å². The number of para-hydroxylation sites is 1. The van der Waals surface area contributed by atoms with E-state index in [4.69, 9.17) is 46.4 Å². The Morgan fingerprint density at radius 2 is 1.59 bits per heavy atom. The first-order chi connectivity index (χ1) is 10.3. The van der Waals surface area contributed by atoms with Crippen molar-refractivity contribution < 1.29 is 4.79 Å². The molecule has 0 fully saturated rings. The van der Waals surface area contributed by atoms with Gasteiger partial charge in [0.25, 0.3) is 3.79 Å². The molecule has 0 N–H and O–H groups in total. The Kier molecular flexibility index (Phi) is 5.92. The minimum Gasteiger partial charge on any atom is -0.289 e. The molecule has 0 saturated carbocycles. The highest BCUT2D eigenvalue weighted by atomic mass is 79.9. The van der Waals surface area contributed by atoms with Gasteiger partial charge in [-0.15, -0.1) is 0 Å². The van der Waals surface area contributed by atoms with E-state index in [9.17, 15) is 4.79 Å². The molecule has 2 nitrogen and oxygen atoms in total. The highest BCUT2D eigenvalue weighted by molar-refractivity contribution is 9.10. The Hall–Kier alpha value is -0.580. The predicted octanol–water partition coefficient (Wildman–Crippen LogP) is 6.32. The van der Waals surface area contributed by atoms with Gasteiger partial charge in [0.15, 0.2) is 0 Å². The maximum atomic E-state index is 12.1. The summed E-state index contributed by atoms with van der Waals surface area (Å²) in [5, 5.41) is 0.233. The Bertz CT molecular complexity index is 723. The number of aliphatic imine (C=N–C) groups is 1. The molecule has 0 aromatic heterocycles. The molecule has 0 aliphatic heterocycles. The number of ketones is 1. The number of nitrogens with zero attached hydrogens (tertiary/aromatic N) is 1. The number of carbonyl (C=O) groups is 1. The van der Waals surface area contributed by atoms with Gasteiger partial charge < -0.3 is 0 Å². The van der Waals surface area contributed by atoms with Crippen LogP contribution in [0.2, 0.25) is 0 Å². The molecule has 0 heterocycles. The number of alkyl halides is 3. The monoisotopic (exact) mass is 437 g/mol. The molecule has 0 aliphatic carbocycles. The topological polar surface area (TPSA) is 29.4 Å². The average molecular weight is 440 g/mol. The SMILES string of the molecule is O=C(c1ccccc1N=C(Cl)c1ccc(Br)cc1)C(Cl)(Cl)Cl. The summed E-state index contributed by atoms with van der Waals surface area (Å²) in [5.74, 6) is -0.655. The maximum Gasteiger partial charge on any atom is 0.253 e. The van der Waals surface area contributed by atoms with Crippen LogP contribution >= 0.6 is 62.3 Å². The Labute approximate surface area is 156 Å². The van der Waals surface area contributed by atoms with Gasteiger partial charge in [-0.1, -0.05) is 86.6 Å². The van der Waals surface area contributed by atoms with Crippen LogP contribution < -0.4 is 0 Å².